The quantitative estimate of drug-likeness (QED) is 0.751. The summed E-state index contributed by atoms with van der Waals surface area (Å²) in [6, 6.07) is 6.48. The van der Waals surface area contributed by atoms with Crippen LogP contribution in [0, 0.1) is 0 Å². The number of hydrogen-bond acceptors (Lipinski definition) is 4. The zero-order chi connectivity index (χ0) is 10.5. The fourth-order valence-electron chi connectivity index (χ4n) is 1.78. The Labute approximate surface area is 90.7 Å². The number of nitrogens with zero attached hydrogens (tertiary/aromatic N) is 2. The molecule has 0 amide bonds. The molecule has 0 spiro atoms. The molecular weight excluding hydrogens is 188 g/mol. The van der Waals surface area contributed by atoms with E-state index in [1.165, 1.54) is 0 Å². The molecule has 4 nitrogen and oxygen atoms in total. The Hall–Kier alpha value is -1.13. The maximum atomic E-state index is 4.24. The van der Waals surface area contributed by atoms with Crippen LogP contribution in [0.5, 0.6) is 0 Å². The van der Waals surface area contributed by atoms with Gasteiger partial charge in [-0.05, 0) is 19.2 Å². The number of likely N-dealkylation sites (N-methyl/N-ethyl adjacent to an activating group) is 1. The third-order valence-electron chi connectivity index (χ3n) is 2.83. The molecule has 0 bridgehead atoms. The van der Waals surface area contributed by atoms with Gasteiger partial charge in [-0.25, -0.2) is 4.98 Å². The lowest BCUT2D eigenvalue weighted by Crippen LogP contribution is -2.52. The minimum absolute atomic E-state index is 0.556. The van der Waals surface area contributed by atoms with Gasteiger partial charge in [0.25, 0.3) is 0 Å². The molecule has 1 atom stereocenters. The Morgan fingerprint density at radius 2 is 2.53 bits per heavy atom. The topological polar surface area (TPSA) is 40.2 Å². The Balaban J connectivity index is 1.82. The molecule has 2 heterocycles. The van der Waals surface area contributed by atoms with Gasteiger partial charge in [-0.15, -0.1) is 0 Å². The standard InChI is InChI=1S/C11H18N4/c1-15-7-6-12-8-10(15)9-14-11-4-2-3-5-13-11/h2-5,10,12H,6-9H2,1H3,(H,13,14). The van der Waals surface area contributed by atoms with Crippen LogP contribution in [-0.2, 0) is 0 Å². The molecule has 0 saturated carbocycles. The Kier molecular flexibility index (Phi) is 3.53. The lowest BCUT2D eigenvalue weighted by Gasteiger charge is -2.33. The van der Waals surface area contributed by atoms with E-state index in [1.807, 2.05) is 24.4 Å². The second-order valence-corrected chi connectivity index (χ2v) is 3.93. The monoisotopic (exact) mass is 206 g/mol. The predicted molar refractivity (Wildman–Crippen MR) is 62.0 cm³/mol. The van der Waals surface area contributed by atoms with E-state index in [2.05, 4.69) is 27.6 Å². The summed E-state index contributed by atoms with van der Waals surface area (Å²) in [6.45, 7) is 4.21. The van der Waals surface area contributed by atoms with Gasteiger partial charge in [0.1, 0.15) is 5.82 Å². The molecule has 1 aromatic heterocycles. The summed E-state index contributed by atoms with van der Waals surface area (Å²) in [4.78, 5) is 6.62. The molecule has 2 N–H and O–H groups in total. The van der Waals surface area contributed by atoms with E-state index < -0.39 is 0 Å². The summed E-state index contributed by atoms with van der Waals surface area (Å²) in [5.41, 5.74) is 0. The van der Waals surface area contributed by atoms with Gasteiger partial charge in [-0.3, -0.25) is 4.90 Å². The fraction of sp³-hybridized carbons (Fsp3) is 0.545. The van der Waals surface area contributed by atoms with Crippen LogP contribution in [0.2, 0.25) is 0 Å². The van der Waals surface area contributed by atoms with Crippen LogP contribution in [0.4, 0.5) is 5.82 Å². The Morgan fingerprint density at radius 3 is 3.27 bits per heavy atom. The van der Waals surface area contributed by atoms with Crippen molar-refractivity contribution < 1.29 is 0 Å². The summed E-state index contributed by atoms with van der Waals surface area (Å²) < 4.78 is 0. The Morgan fingerprint density at radius 1 is 1.60 bits per heavy atom. The first-order chi connectivity index (χ1) is 7.36. The normalized spacial score (nSPS) is 22.6. The van der Waals surface area contributed by atoms with Crippen molar-refractivity contribution in [2.75, 3.05) is 38.5 Å². The van der Waals surface area contributed by atoms with Crippen LogP contribution in [0.15, 0.2) is 24.4 Å². The summed E-state index contributed by atoms with van der Waals surface area (Å²) in [7, 11) is 2.17. The van der Waals surface area contributed by atoms with Gasteiger partial charge in [0, 0.05) is 38.4 Å². The zero-order valence-electron chi connectivity index (χ0n) is 9.11. The van der Waals surface area contributed by atoms with Crippen molar-refractivity contribution in [1.82, 2.24) is 15.2 Å². The average Bonchev–Trinajstić information content (AvgIpc) is 2.29. The van der Waals surface area contributed by atoms with Crippen molar-refractivity contribution in [3.63, 3.8) is 0 Å². The highest BCUT2D eigenvalue weighted by molar-refractivity contribution is 5.33. The van der Waals surface area contributed by atoms with Crippen molar-refractivity contribution in [1.29, 1.82) is 0 Å². The lowest BCUT2D eigenvalue weighted by molar-refractivity contribution is 0.209. The molecule has 1 fully saturated rings. The highest BCUT2D eigenvalue weighted by Gasteiger charge is 2.17. The molecule has 1 unspecified atom stereocenters. The molecular formula is C11H18N4. The van der Waals surface area contributed by atoms with Crippen LogP contribution < -0.4 is 10.6 Å². The lowest BCUT2D eigenvalue weighted by atomic mass is 10.2. The number of nitrogens with one attached hydrogen (secondary N) is 2. The number of piperazine rings is 1. The van der Waals surface area contributed by atoms with Crippen LogP contribution in [-0.4, -0.2) is 49.2 Å². The van der Waals surface area contributed by atoms with E-state index in [4.69, 9.17) is 0 Å². The van der Waals surface area contributed by atoms with Gasteiger partial charge in [-0.2, -0.15) is 0 Å². The van der Waals surface area contributed by atoms with Crippen LogP contribution in [0.3, 0.4) is 0 Å². The first kappa shape index (κ1) is 10.4. The van der Waals surface area contributed by atoms with Gasteiger partial charge >= 0.3 is 0 Å². The molecule has 15 heavy (non-hydrogen) atoms. The minimum Gasteiger partial charge on any atom is -0.368 e. The number of anilines is 1. The summed E-state index contributed by atoms with van der Waals surface area (Å²) in [5, 5.41) is 6.75. The summed E-state index contributed by atoms with van der Waals surface area (Å²) in [6.07, 6.45) is 1.81. The van der Waals surface area contributed by atoms with Gasteiger partial charge < -0.3 is 10.6 Å². The predicted octanol–water partition coefficient (Wildman–Crippen LogP) is 0.397. The Bertz CT molecular complexity index is 288. The van der Waals surface area contributed by atoms with E-state index in [1.54, 1.807) is 0 Å². The molecule has 4 heteroatoms. The molecule has 1 aromatic rings. The van der Waals surface area contributed by atoms with Crippen molar-refractivity contribution in [3.05, 3.63) is 24.4 Å². The SMILES string of the molecule is CN1CCNCC1CNc1ccccn1. The van der Waals surface area contributed by atoms with E-state index in [0.717, 1.165) is 32.0 Å². The molecule has 82 valence electrons. The van der Waals surface area contributed by atoms with Crippen molar-refractivity contribution in [3.8, 4) is 0 Å². The molecule has 1 saturated heterocycles. The van der Waals surface area contributed by atoms with E-state index in [9.17, 15) is 0 Å². The van der Waals surface area contributed by atoms with Gasteiger partial charge in [0.05, 0.1) is 0 Å². The smallest absolute Gasteiger partial charge is 0.125 e. The molecule has 1 aliphatic heterocycles. The number of rotatable bonds is 3. The second-order valence-electron chi connectivity index (χ2n) is 3.93. The van der Waals surface area contributed by atoms with Crippen molar-refractivity contribution >= 4 is 5.82 Å². The third kappa shape index (κ3) is 2.91. The van der Waals surface area contributed by atoms with E-state index in [-0.39, 0.29) is 0 Å². The highest BCUT2D eigenvalue weighted by Crippen LogP contribution is 2.03. The first-order valence-electron chi connectivity index (χ1n) is 5.42. The van der Waals surface area contributed by atoms with Gasteiger partial charge in [-0.1, -0.05) is 6.07 Å². The first-order valence-corrected chi connectivity index (χ1v) is 5.42. The second kappa shape index (κ2) is 5.09. The van der Waals surface area contributed by atoms with Crippen molar-refractivity contribution in [2.45, 2.75) is 6.04 Å². The number of pyridine rings is 1. The van der Waals surface area contributed by atoms with Crippen LogP contribution in [0.1, 0.15) is 0 Å². The zero-order valence-corrected chi connectivity index (χ0v) is 9.11. The van der Waals surface area contributed by atoms with E-state index >= 15 is 0 Å². The van der Waals surface area contributed by atoms with Gasteiger partial charge in [0.15, 0.2) is 0 Å². The average molecular weight is 206 g/mol. The van der Waals surface area contributed by atoms with E-state index in [0.29, 0.717) is 6.04 Å². The molecule has 1 aliphatic rings. The van der Waals surface area contributed by atoms with Crippen molar-refractivity contribution in [2.24, 2.45) is 0 Å². The van der Waals surface area contributed by atoms with Gasteiger partial charge in [0.2, 0.25) is 0 Å². The highest BCUT2D eigenvalue weighted by atomic mass is 15.2. The number of aromatic nitrogens is 1. The summed E-state index contributed by atoms with van der Waals surface area (Å²) >= 11 is 0. The largest absolute Gasteiger partial charge is 0.368 e. The maximum Gasteiger partial charge on any atom is 0.125 e. The van der Waals surface area contributed by atoms with Crippen LogP contribution >= 0.6 is 0 Å². The third-order valence-corrected chi connectivity index (χ3v) is 2.83. The maximum absolute atomic E-state index is 4.24. The molecule has 0 aliphatic carbocycles. The van der Waals surface area contributed by atoms with Crippen LogP contribution in [0.25, 0.3) is 0 Å². The molecule has 0 aromatic carbocycles. The minimum atomic E-state index is 0.556. The molecule has 0 radical (unpaired) electrons. The number of hydrogen-bond donors (Lipinski definition) is 2. The fourth-order valence-corrected chi connectivity index (χ4v) is 1.78. The molecule has 2 rings (SSSR count). The summed E-state index contributed by atoms with van der Waals surface area (Å²) in [5.74, 6) is 0.955.